The van der Waals surface area contributed by atoms with E-state index in [1.54, 1.807) is 24.3 Å². The van der Waals surface area contributed by atoms with Crippen LogP contribution in [0, 0.1) is 21.4 Å². The number of nitrogens with zero attached hydrogens (tertiary/aromatic N) is 2. The monoisotopic (exact) mass is 523 g/mol. The van der Waals surface area contributed by atoms with Crippen LogP contribution in [-0.2, 0) is 14.9 Å². The highest BCUT2D eigenvalue weighted by atomic mass is 32.2. The molecule has 0 saturated carbocycles. The van der Waals surface area contributed by atoms with Crippen molar-refractivity contribution in [1.82, 2.24) is 0 Å². The van der Waals surface area contributed by atoms with Crippen LogP contribution in [-0.4, -0.2) is 33.0 Å². The summed E-state index contributed by atoms with van der Waals surface area (Å²) in [4.78, 5) is 22.5. The van der Waals surface area contributed by atoms with Crippen molar-refractivity contribution < 1.29 is 31.8 Å². The van der Waals surface area contributed by atoms with E-state index in [9.17, 15) is 28.6 Å². The van der Waals surface area contributed by atoms with E-state index < -0.39 is 20.9 Å². The molecule has 190 valence electrons. The second kappa shape index (κ2) is 11.7. The summed E-state index contributed by atoms with van der Waals surface area (Å²) in [5.74, 6) is -0.238. The standard InChI is InChI=1S/C25H21N3O8S/c1-3-35-21-6-4-5-19(15-21)27-25(29)18(16-26)13-17-7-12-23(24(14-17)34-2)36-37(32,33)22-10-8-20(9-11-22)28(30)31/h4-15H,3H2,1-2H3,(H,27,29)/b18-13+. The van der Waals surface area contributed by atoms with E-state index in [4.69, 9.17) is 13.7 Å². The van der Waals surface area contributed by atoms with Gasteiger partial charge in [-0.2, -0.15) is 13.7 Å². The van der Waals surface area contributed by atoms with Gasteiger partial charge in [0.05, 0.1) is 18.6 Å². The highest BCUT2D eigenvalue weighted by Crippen LogP contribution is 2.32. The minimum absolute atomic E-state index is 0.0151. The van der Waals surface area contributed by atoms with E-state index in [2.05, 4.69) is 5.32 Å². The van der Waals surface area contributed by atoms with Gasteiger partial charge in [0.2, 0.25) is 0 Å². The number of nitriles is 1. The van der Waals surface area contributed by atoms with Crippen LogP contribution in [0.5, 0.6) is 17.2 Å². The summed E-state index contributed by atoms with van der Waals surface area (Å²) in [6.45, 7) is 2.29. The predicted octanol–water partition coefficient (Wildman–Crippen LogP) is 4.32. The average molecular weight is 524 g/mol. The van der Waals surface area contributed by atoms with Crippen molar-refractivity contribution in [2.24, 2.45) is 0 Å². The molecule has 0 spiro atoms. The van der Waals surface area contributed by atoms with Gasteiger partial charge in [-0.15, -0.1) is 0 Å². The number of rotatable bonds is 10. The molecular formula is C25H21N3O8S. The molecule has 11 nitrogen and oxygen atoms in total. The van der Waals surface area contributed by atoms with Gasteiger partial charge in [-0.25, -0.2) is 0 Å². The molecule has 0 atom stereocenters. The summed E-state index contributed by atoms with van der Waals surface area (Å²) in [6, 6.07) is 16.9. The number of hydrogen-bond donors (Lipinski definition) is 1. The van der Waals surface area contributed by atoms with Gasteiger partial charge in [0, 0.05) is 23.9 Å². The molecule has 3 rings (SSSR count). The number of nitro groups is 1. The second-order valence-corrected chi connectivity index (χ2v) is 8.83. The Hall–Kier alpha value is -4.89. The zero-order valence-electron chi connectivity index (χ0n) is 19.7. The summed E-state index contributed by atoms with van der Waals surface area (Å²) in [7, 11) is -3.04. The van der Waals surface area contributed by atoms with E-state index >= 15 is 0 Å². The lowest BCUT2D eigenvalue weighted by molar-refractivity contribution is -0.384. The third-order valence-corrected chi connectivity index (χ3v) is 6.05. The Morgan fingerprint density at radius 3 is 2.46 bits per heavy atom. The van der Waals surface area contributed by atoms with Crippen LogP contribution in [0.4, 0.5) is 11.4 Å². The Kier molecular flexibility index (Phi) is 8.44. The molecule has 0 aliphatic carbocycles. The Balaban J connectivity index is 1.81. The Morgan fingerprint density at radius 2 is 1.84 bits per heavy atom. The molecule has 0 radical (unpaired) electrons. The molecule has 3 aromatic carbocycles. The fourth-order valence-electron chi connectivity index (χ4n) is 3.09. The zero-order chi connectivity index (χ0) is 27.0. The van der Waals surface area contributed by atoms with Gasteiger partial charge in [0.15, 0.2) is 11.5 Å². The Labute approximate surface area is 212 Å². The number of benzene rings is 3. The van der Waals surface area contributed by atoms with Crippen LogP contribution in [0.1, 0.15) is 12.5 Å². The number of ether oxygens (including phenoxy) is 2. The fourth-order valence-corrected chi connectivity index (χ4v) is 4.03. The van der Waals surface area contributed by atoms with Crippen molar-refractivity contribution in [3.63, 3.8) is 0 Å². The maximum absolute atomic E-state index is 12.6. The molecule has 0 heterocycles. The average Bonchev–Trinajstić information content (AvgIpc) is 2.88. The molecule has 1 N–H and O–H groups in total. The molecule has 0 fully saturated rings. The van der Waals surface area contributed by atoms with Gasteiger partial charge in [0.1, 0.15) is 22.3 Å². The first-order valence-electron chi connectivity index (χ1n) is 10.7. The van der Waals surface area contributed by atoms with Gasteiger partial charge in [-0.3, -0.25) is 14.9 Å². The molecule has 0 aliphatic rings. The molecule has 1 amide bonds. The van der Waals surface area contributed by atoms with Crippen molar-refractivity contribution in [2.45, 2.75) is 11.8 Å². The number of methoxy groups -OCH3 is 1. The predicted molar refractivity (Wildman–Crippen MR) is 134 cm³/mol. The third-order valence-electron chi connectivity index (χ3n) is 4.80. The third kappa shape index (κ3) is 6.83. The second-order valence-electron chi connectivity index (χ2n) is 7.28. The molecule has 12 heteroatoms. The van der Waals surface area contributed by atoms with Crippen molar-refractivity contribution in [3.05, 3.63) is 88.0 Å². The number of amides is 1. The topological polar surface area (TPSA) is 158 Å². The summed E-state index contributed by atoms with van der Waals surface area (Å²) in [6.07, 6.45) is 1.30. The van der Waals surface area contributed by atoms with Crippen LogP contribution in [0.15, 0.2) is 77.2 Å². The number of non-ortho nitro benzene ring substituents is 1. The minimum Gasteiger partial charge on any atom is -0.494 e. The smallest absolute Gasteiger partial charge is 0.339 e. The van der Waals surface area contributed by atoms with Gasteiger partial charge >= 0.3 is 10.1 Å². The Morgan fingerprint density at radius 1 is 1.11 bits per heavy atom. The summed E-state index contributed by atoms with van der Waals surface area (Å²) in [5.41, 5.74) is 0.324. The SMILES string of the molecule is CCOc1cccc(NC(=O)/C(C#N)=C/c2ccc(OS(=O)(=O)c3ccc([N+](=O)[O-])cc3)c(OC)c2)c1. The first-order valence-corrected chi connectivity index (χ1v) is 12.1. The van der Waals surface area contributed by atoms with Crippen LogP contribution in [0.3, 0.4) is 0 Å². The number of hydrogen-bond acceptors (Lipinski definition) is 9. The van der Waals surface area contributed by atoms with Gasteiger partial charge in [-0.05, 0) is 55.0 Å². The quantitative estimate of drug-likeness (QED) is 0.134. The van der Waals surface area contributed by atoms with Gasteiger partial charge < -0.3 is 19.0 Å². The number of anilines is 1. The normalized spacial score (nSPS) is 11.2. The highest BCUT2D eigenvalue weighted by molar-refractivity contribution is 7.87. The minimum atomic E-state index is -4.33. The van der Waals surface area contributed by atoms with Crippen LogP contribution < -0.4 is 19.0 Å². The first-order chi connectivity index (χ1) is 17.7. The number of nitro benzene ring substituents is 1. The lowest BCUT2D eigenvalue weighted by atomic mass is 10.1. The van der Waals surface area contributed by atoms with Gasteiger partial charge in [0.25, 0.3) is 11.6 Å². The highest BCUT2D eigenvalue weighted by Gasteiger charge is 2.21. The molecule has 37 heavy (non-hydrogen) atoms. The van der Waals surface area contributed by atoms with Gasteiger partial charge in [-0.1, -0.05) is 12.1 Å². The maximum atomic E-state index is 12.6. The van der Waals surface area contributed by atoms with E-state index in [0.29, 0.717) is 23.6 Å². The van der Waals surface area contributed by atoms with Crippen molar-refractivity contribution in [1.29, 1.82) is 5.26 Å². The van der Waals surface area contributed by atoms with E-state index in [-0.39, 0.29) is 27.7 Å². The zero-order valence-corrected chi connectivity index (χ0v) is 20.5. The molecule has 0 saturated heterocycles. The van der Waals surface area contributed by atoms with Crippen molar-refractivity contribution in [3.8, 4) is 23.3 Å². The van der Waals surface area contributed by atoms with Crippen molar-refractivity contribution >= 4 is 33.5 Å². The van der Waals surface area contributed by atoms with E-state index in [0.717, 1.165) is 24.3 Å². The summed E-state index contributed by atoms with van der Waals surface area (Å²) >= 11 is 0. The lowest BCUT2D eigenvalue weighted by Crippen LogP contribution is -2.13. The largest absolute Gasteiger partial charge is 0.494 e. The van der Waals surface area contributed by atoms with Crippen LogP contribution in [0.25, 0.3) is 6.08 Å². The summed E-state index contributed by atoms with van der Waals surface area (Å²) in [5, 5.41) is 22.9. The number of carbonyl (C=O) groups excluding carboxylic acids is 1. The molecule has 0 unspecified atom stereocenters. The number of carbonyl (C=O) groups is 1. The van der Waals surface area contributed by atoms with E-state index in [1.165, 1.54) is 31.4 Å². The van der Waals surface area contributed by atoms with Crippen LogP contribution in [0.2, 0.25) is 0 Å². The fraction of sp³-hybridized carbons (Fsp3) is 0.120. The van der Waals surface area contributed by atoms with Crippen molar-refractivity contribution in [2.75, 3.05) is 19.0 Å². The maximum Gasteiger partial charge on any atom is 0.339 e. The first kappa shape index (κ1) is 26.7. The summed E-state index contributed by atoms with van der Waals surface area (Å²) < 4.78 is 41.0. The molecule has 0 bridgehead atoms. The Bertz CT molecular complexity index is 1490. The molecule has 3 aromatic rings. The molecule has 0 aliphatic heterocycles. The van der Waals surface area contributed by atoms with E-state index in [1.807, 2.05) is 13.0 Å². The lowest BCUT2D eigenvalue weighted by Gasteiger charge is -2.11. The molecular weight excluding hydrogens is 502 g/mol. The van der Waals surface area contributed by atoms with Crippen LogP contribution >= 0.6 is 0 Å². The number of nitrogens with one attached hydrogen (secondary N) is 1. The molecule has 0 aromatic heterocycles.